The first-order valence-electron chi connectivity index (χ1n) is 11.4. The Labute approximate surface area is 164 Å². The van der Waals surface area contributed by atoms with Gasteiger partial charge in [-0.1, -0.05) is 19.8 Å². The smallest absolute Gasteiger partial charge is 0.139 e. The number of hydrogen-bond acceptors (Lipinski definition) is 4. The number of rotatable bonds is 5. The van der Waals surface area contributed by atoms with Gasteiger partial charge in [0.25, 0.3) is 0 Å². The summed E-state index contributed by atoms with van der Waals surface area (Å²) in [6.45, 7) is 8.95. The van der Waals surface area contributed by atoms with Gasteiger partial charge in [-0.25, -0.2) is 4.98 Å². The molecule has 3 heterocycles. The lowest BCUT2D eigenvalue weighted by atomic mass is 9.85. The number of nitrogens with zero attached hydrogens (tertiary/aromatic N) is 3. The van der Waals surface area contributed by atoms with Gasteiger partial charge in [-0.3, -0.25) is 0 Å². The molecule has 1 aromatic heterocycles. The van der Waals surface area contributed by atoms with Crippen LogP contribution in [-0.4, -0.2) is 52.3 Å². The zero-order valence-electron chi connectivity index (χ0n) is 17.3. The Balaban J connectivity index is 1.32. The minimum atomic E-state index is 0.103. The zero-order valence-corrected chi connectivity index (χ0v) is 17.3. The van der Waals surface area contributed by atoms with Crippen molar-refractivity contribution in [2.75, 3.05) is 19.7 Å². The molecule has 0 radical (unpaired) electrons. The molecule has 3 fully saturated rings. The average Bonchev–Trinajstić information content (AvgIpc) is 3.18. The van der Waals surface area contributed by atoms with Crippen LogP contribution in [0.3, 0.4) is 0 Å². The third-order valence-corrected chi connectivity index (χ3v) is 7.07. The highest BCUT2D eigenvalue weighted by atomic mass is 16.5. The highest BCUT2D eigenvalue weighted by Gasteiger charge is 2.34. The minimum absolute atomic E-state index is 0.103. The summed E-state index contributed by atoms with van der Waals surface area (Å²) in [6, 6.07) is 1.87. The van der Waals surface area contributed by atoms with Crippen molar-refractivity contribution in [1.29, 1.82) is 0 Å². The molecule has 3 aliphatic rings. The fourth-order valence-corrected chi connectivity index (χ4v) is 5.52. The standard InChI is InChI=1S/C22H38N4O/c1-3-25-14-11-23-22(25)21-20(8-5-15-27-21)24-18-9-12-26(13-10-18)19-7-4-6-17(2)16-19/h11,14,17-21,24H,3-10,12-13,15-16H2,1-2H3/t17-,19+,20+,21+/m1/s1. The van der Waals surface area contributed by atoms with Crippen LogP contribution in [0, 0.1) is 5.92 Å². The van der Waals surface area contributed by atoms with Crippen molar-refractivity contribution in [3.05, 3.63) is 18.2 Å². The molecule has 4 rings (SSSR count). The Hall–Kier alpha value is -0.910. The van der Waals surface area contributed by atoms with Crippen LogP contribution in [-0.2, 0) is 11.3 Å². The van der Waals surface area contributed by atoms with E-state index in [1.807, 2.05) is 6.20 Å². The largest absolute Gasteiger partial charge is 0.369 e. The molecule has 0 unspecified atom stereocenters. The van der Waals surface area contributed by atoms with Crippen molar-refractivity contribution in [2.45, 2.75) is 96.0 Å². The minimum Gasteiger partial charge on any atom is -0.369 e. The maximum Gasteiger partial charge on any atom is 0.139 e. The number of piperidine rings is 1. The van der Waals surface area contributed by atoms with Crippen LogP contribution in [0.15, 0.2) is 12.4 Å². The molecule has 152 valence electrons. The average molecular weight is 375 g/mol. The van der Waals surface area contributed by atoms with Crippen LogP contribution in [0.25, 0.3) is 0 Å². The van der Waals surface area contributed by atoms with Crippen molar-refractivity contribution >= 4 is 0 Å². The van der Waals surface area contributed by atoms with Gasteiger partial charge in [0.05, 0.1) is 0 Å². The number of ether oxygens (including phenoxy) is 1. The lowest BCUT2D eigenvalue weighted by Gasteiger charge is -2.42. The Morgan fingerprint density at radius 3 is 2.78 bits per heavy atom. The highest BCUT2D eigenvalue weighted by Crippen LogP contribution is 2.31. The molecule has 2 aliphatic heterocycles. The van der Waals surface area contributed by atoms with Gasteiger partial charge in [0.15, 0.2) is 0 Å². The van der Waals surface area contributed by atoms with Gasteiger partial charge in [-0.15, -0.1) is 0 Å². The first-order valence-corrected chi connectivity index (χ1v) is 11.4. The SMILES string of the molecule is CCn1ccnc1[C@H]1OCCC[C@@H]1NC1CCN([C@H]2CCC[C@@H](C)C2)CC1. The molecule has 0 bridgehead atoms. The molecule has 5 heteroatoms. The first kappa shape index (κ1) is 19.4. The van der Waals surface area contributed by atoms with Crippen molar-refractivity contribution in [1.82, 2.24) is 19.8 Å². The summed E-state index contributed by atoms with van der Waals surface area (Å²) in [6.07, 6.45) is 14.7. The van der Waals surface area contributed by atoms with E-state index < -0.39 is 0 Å². The number of hydrogen-bond donors (Lipinski definition) is 1. The maximum absolute atomic E-state index is 6.19. The summed E-state index contributed by atoms with van der Waals surface area (Å²) in [4.78, 5) is 7.41. The number of imidazole rings is 1. The molecule has 0 aromatic carbocycles. The third kappa shape index (κ3) is 4.57. The van der Waals surface area contributed by atoms with Crippen molar-refractivity contribution in [3.8, 4) is 0 Å². The van der Waals surface area contributed by atoms with E-state index in [-0.39, 0.29) is 6.10 Å². The Morgan fingerprint density at radius 1 is 1.15 bits per heavy atom. The lowest BCUT2D eigenvalue weighted by Crippen LogP contribution is -2.52. The van der Waals surface area contributed by atoms with E-state index in [2.05, 4.69) is 39.8 Å². The molecular weight excluding hydrogens is 336 g/mol. The molecule has 27 heavy (non-hydrogen) atoms. The summed E-state index contributed by atoms with van der Waals surface area (Å²) in [5.41, 5.74) is 0. The van der Waals surface area contributed by atoms with E-state index in [0.29, 0.717) is 12.1 Å². The predicted octanol–water partition coefficient (Wildman–Crippen LogP) is 3.76. The van der Waals surface area contributed by atoms with Gasteiger partial charge in [0.2, 0.25) is 0 Å². The Morgan fingerprint density at radius 2 is 2.00 bits per heavy atom. The second-order valence-electron chi connectivity index (χ2n) is 9.01. The van der Waals surface area contributed by atoms with Crippen LogP contribution in [0.5, 0.6) is 0 Å². The molecule has 1 saturated carbocycles. The van der Waals surface area contributed by atoms with Crippen LogP contribution >= 0.6 is 0 Å². The fourth-order valence-electron chi connectivity index (χ4n) is 5.52. The second kappa shape index (κ2) is 9.06. The molecule has 1 N–H and O–H groups in total. The summed E-state index contributed by atoms with van der Waals surface area (Å²) in [5, 5.41) is 3.97. The first-order chi connectivity index (χ1) is 13.2. The summed E-state index contributed by atoms with van der Waals surface area (Å²) in [5.74, 6) is 2.02. The molecule has 0 amide bonds. The van der Waals surface area contributed by atoms with Crippen LogP contribution in [0.4, 0.5) is 0 Å². The number of aromatic nitrogens is 2. The topological polar surface area (TPSA) is 42.3 Å². The molecule has 2 saturated heterocycles. The predicted molar refractivity (Wildman–Crippen MR) is 109 cm³/mol. The van der Waals surface area contributed by atoms with E-state index in [1.54, 1.807) is 0 Å². The quantitative estimate of drug-likeness (QED) is 0.852. The van der Waals surface area contributed by atoms with E-state index in [9.17, 15) is 0 Å². The maximum atomic E-state index is 6.19. The molecule has 0 spiro atoms. The number of nitrogens with one attached hydrogen (secondary N) is 1. The molecule has 1 aliphatic carbocycles. The molecule has 5 nitrogen and oxygen atoms in total. The Bertz CT molecular complexity index is 581. The lowest BCUT2D eigenvalue weighted by molar-refractivity contribution is -0.0239. The molecular formula is C22H38N4O. The fraction of sp³-hybridized carbons (Fsp3) is 0.864. The summed E-state index contributed by atoms with van der Waals surface area (Å²) >= 11 is 0. The van der Waals surface area contributed by atoms with Gasteiger partial charge >= 0.3 is 0 Å². The molecule has 1 aromatic rings. The third-order valence-electron chi connectivity index (χ3n) is 7.07. The van der Waals surface area contributed by atoms with Crippen molar-refractivity contribution in [2.24, 2.45) is 5.92 Å². The van der Waals surface area contributed by atoms with Crippen molar-refractivity contribution < 1.29 is 4.74 Å². The summed E-state index contributed by atoms with van der Waals surface area (Å²) < 4.78 is 8.42. The second-order valence-corrected chi connectivity index (χ2v) is 9.01. The van der Waals surface area contributed by atoms with Gasteiger partial charge in [-0.05, 0) is 64.5 Å². The normalized spacial score (nSPS) is 34.0. The van der Waals surface area contributed by atoms with Gasteiger partial charge in [-0.2, -0.15) is 0 Å². The van der Waals surface area contributed by atoms with Gasteiger partial charge < -0.3 is 19.5 Å². The zero-order chi connectivity index (χ0) is 18.6. The van der Waals surface area contributed by atoms with Crippen LogP contribution in [0.2, 0.25) is 0 Å². The van der Waals surface area contributed by atoms with Crippen LogP contribution in [0.1, 0.15) is 77.1 Å². The monoisotopic (exact) mass is 374 g/mol. The van der Waals surface area contributed by atoms with E-state index in [1.165, 1.54) is 58.0 Å². The van der Waals surface area contributed by atoms with Crippen molar-refractivity contribution in [3.63, 3.8) is 0 Å². The Kier molecular flexibility index (Phi) is 6.51. The van der Waals surface area contributed by atoms with Crippen LogP contribution < -0.4 is 5.32 Å². The molecule has 4 atom stereocenters. The van der Waals surface area contributed by atoms with E-state index in [0.717, 1.165) is 37.4 Å². The summed E-state index contributed by atoms with van der Waals surface area (Å²) in [7, 11) is 0. The van der Waals surface area contributed by atoms with E-state index in [4.69, 9.17) is 4.74 Å². The van der Waals surface area contributed by atoms with Gasteiger partial charge in [0.1, 0.15) is 11.9 Å². The van der Waals surface area contributed by atoms with E-state index >= 15 is 0 Å². The van der Waals surface area contributed by atoms with Gasteiger partial charge in [0, 0.05) is 43.7 Å². The number of aryl methyl sites for hydroxylation is 1. The highest BCUT2D eigenvalue weighted by molar-refractivity contribution is 5.03. The number of likely N-dealkylation sites (tertiary alicyclic amines) is 1.